The standard InChI is InChI=1S/C33H36N2O3.C28H34FN3O2.C26H30FN3O4.C6H15N.C2H4BrF/c1-5-34-33(36)32-30(26-16-15-24-13-9-10-14-25(24)18-26)31(35-38-32)28-19-27(21(2)3)22(4)17-29(28)37-20-23-11-7-6-8-12-23;1-6-30-28(33)27-25(21-7-8-22-16-32(12-10-29)11-9-20(22)14-21)26(31-34-27)24-15-23(17(2)3)18(4)13-19(24)5;1-4-28-26(33)25-23(17-5-6-18-14-30(10-8-27)9-7-16(18)11-17)24(29-34-25)20-12-19(15(2)3)21(31)13-22(20)32;1-4-7(5-2)6-3;3-1-2-4/h6-8,11-12,15-19,21H,5,9-10,13-14,20H2,1-4H3,(H,34,36);7-8,13-15,17H,6,9-12,16H2,1-5H3,(H,30,33);5-6,11-13,15,31-32H,4,7-10,14H2,1-3H3,(H,28,33);4-6H2,1-3H3;1-2H2. The molecule has 626 valence electrons. The van der Waals surface area contributed by atoms with Gasteiger partial charge >= 0.3 is 0 Å². The Morgan fingerprint density at radius 3 is 1.30 bits per heavy atom. The van der Waals surface area contributed by atoms with Crippen LogP contribution in [0.15, 0.2) is 135 Å². The summed E-state index contributed by atoms with van der Waals surface area (Å²) in [5.41, 5.74) is 23.5. The Hall–Kier alpha value is -9.87. The van der Waals surface area contributed by atoms with Gasteiger partial charge in [-0.15, -0.1) is 0 Å². The Morgan fingerprint density at radius 1 is 0.479 bits per heavy atom. The van der Waals surface area contributed by atoms with Gasteiger partial charge in [0, 0.05) is 87.0 Å². The number of carbonyl (C=O) groups is 3. The molecule has 10 aromatic rings. The third kappa shape index (κ3) is 22.9. The summed E-state index contributed by atoms with van der Waals surface area (Å²) >= 11 is 2.87. The number of benzene rings is 7. The number of ether oxygens (including phenoxy) is 1. The van der Waals surface area contributed by atoms with Crippen LogP contribution in [0.2, 0.25) is 0 Å². The number of amides is 3. The summed E-state index contributed by atoms with van der Waals surface area (Å²) < 4.78 is 59.7. The van der Waals surface area contributed by atoms with Crippen LogP contribution in [-0.2, 0) is 45.4 Å². The number of alkyl halides is 4. The van der Waals surface area contributed by atoms with Crippen LogP contribution in [0.3, 0.4) is 0 Å². The number of rotatable bonds is 26. The minimum Gasteiger partial charge on any atom is -0.508 e. The van der Waals surface area contributed by atoms with E-state index in [4.69, 9.17) is 18.3 Å². The van der Waals surface area contributed by atoms with Crippen molar-refractivity contribution in [2.45, 2.75) is 180 Å². The third-order valence-electron chi connectivity index (χ3n) is 21.7. The summed E-state index contributed by atoms with van der Waals surface area (Å²) in [6, 6.07) is 40.4. The van der Waals surface area contributed by atoms with Gasteiger partial charge in [0.25, 0.3) is 17.7 Å². The molecule has 0 saturated carbocycles. The maximum absolute atomic E-state index is 13.1. The third-order valence-corrected chi connectivity index (χ3v) is 22.0. The molecule has 7 aromatic carbocycles. The SMILES string of the molecule is CCN(CC)CC.CCNC(=O)c1onc(-c2cc(C(C)C)c(C)cc2C)c1-c1ccc2c(c1)CCN(CCF)C2.CCNC(=O)c1onc(-c2cc(C(C)C)c(C)cc2OCc2ccccc2)c1-c1ccc2c(c1)CCCC2.CCNC(=O)c1onc(-c2cc(C(C)C)c(O)cc2O)c1-c1ccc2c(c1)CCN(CCF)C2.FCCBr. The van der Waals surface area contributed by atoms with E-state index in [1.54, 1.807) is 6.07 Å². The molecule has 0 fully saturated rings. The molecule has 13 rings (SSSR count). The summed E-state index contributed by atoms with van der Waals surface area (Å²) in [4.78, 5) is 45.4. The fraction of sp³-hybridized carbons (Fsp3) is 0.432. The first kappa shape index (κ1) is 91.0. The van der Waals surface area contributed by atoms with Crippen molar-refractivity contribution in [3.05, 3.63) is 211 Å². The van der Waals surface area contributed by atoms with E-state index in [0.29, 0.717) is 102 Å². The van der Waals surface area contributed by atoms with E-state index in [9.17, 15) is 37.8 Å². The molecule has 0 bridgehead atoms. The number of nitrogens with one attached hydrogen (secondary N) is 3. The average Bonchev–Trinajstić information content (AvgIpc) is 1.67. The van der Waals surface area contributed by atoms with Crippen LogP contribution in [-0.4, -0.2) is 149 Å². The molecule has 117 heavy (non-hydrogen) atoms. The first-order valence-corrected chi connectivity index (χ1v) is 42.6. The molecule has 3 aliphatic rings. The van der Waals surface area contributed by atoms with Crippen LogP contribution < -0.4 is 20.7 Å². The fourth-order valence-corrected chi connectivity index (χ4v) is 15.5. The van der Waals surface area contributed by atoms with Gasteiger partial charge in [-0.2, -0.15) is 0 Å². The van der Waals surface area contributed by atoms with Gasteiger partial charge in [-0.05, 0) is 231 Å². The van der Waals surface area contributed by atoms with Crippen molar-refractivity contribution in [3.63, 3.8) is 0 Å². The molecule has 3 amide bonds. The zero-order chi connectivity index (χ0) is 84.6. The second kappa shape index (κ2) is 44.1. The molecular formula is C95H119BrF3N9O9. The van der Waals surface area contributed by atoms with Gasteiger partial charge in [0.2, 0.25) is 17.3 Å². The number of nitrogens with zero attached hydrogens (tertiary/aromatic N) is 6. The van der Waals surface area contributed by atoms with Crippen LogP contribution >= 0.6 is 15.9 Å². The Morgan fingerprint density at radius 2 is 0.880 bits per heavy atom. The van der Waals surface area contributed by atoms with Crippen molar-refractivity contribution < 1.29 is 56.1 Å². The molecular weight excluding hydrogens is 1550 g/mol. The lowest BCUT2D eigenvalue weighted by Gasteiger charge is -2.28. The highest BCUT2D eigenvalue weighted by Crippen LogP contribution is 2.46. The van der Waals surface area contributed by atoms with Gasteiger partial charge in [-0.1, -0.05) is 185 Å². The number of carbonyl (C=O) groups excluding carboxylic acids is 3. The highest BCUT2D eigenvalue weighted by molar-refractivity contribution is 9.09. The maximum atomic E-state index is 13.1. The zero-order valence-corrected chi connectivity index (χ0v) is 72.6. The van der Waals surface area contributed by atoms with Gasteiger partial charge in [0.15, 0.2) is 0 Å². The van der Waals surface area contributed by atoms with Crippen LogP contribution in [0, 0.1) is 20.8 Å². The largest absolute Gasteiger partial charge is 0.508 e. The average molecular weight is 1670 g/mol. The van der Waals surface area contributed by atoms with Crippen molar-refractivity contribution in [3.8, 4) is 84.4 Å². The minimum absolute atomic E-state index is 0.00291. The van der Waals surface area contributed by atoms with Crippen LogP contribution in [0.25, 0.3) is 67.2 Å². The lowest BCUT2D eigenvalue weighted by molar-refractivity contribution is 0.0912. The number of phenols is 2. The summed E-state index contributed by atoms with van der Waals surface area (Å²) in [5, 5.41) is 43.0. The first-order valence-electron chi connectivity index (χ1n) is 41.5. The number of aromatic nitrogens is 3. The number of phenolic OH excluding ortho intramolecular Hbond substituents is 2. The number of halogens is 4. The van der Waals surface area contributed by atoms with Crippen LogP contribution in [0.5, 0.6) is 17.2 Å². The van der Waals surface area contributed by atoms with E-state index in [1.165, 1.54) is 77.5 Å². The number of aryl methyl sites for hydroxylation is 5. The predicted molar refractivity (Wildman–Crippen MR) is 467 cm³/mol. The normalized spacial score (nSPS) is 13.1. The topological polar surface area (TPSA) is 225 Å². The number of fused-ring (bicyclic) bond motifs is 3. The van der Waals surface area contributed by atoms with Gasteiger partial charge < -0.3 is 49.4 Å². The summed E-state index contributed by atoms with van der Waals surface area (Å²) in [6.45, 7) is 39.4. The van der Waals surface area contributed by atoms with E-state index in [0.717, 1.165) is 112 Å². The molecule has 5 N–H and O–H groups in total. The minimum atomic E-state index is -0.398. The molecule has 0 radical (unpaired) electrons. The van der Waals surface area contributed by atoms with Crippen molar-refractivity contribution in [2.75, 3.05) is 90.8 Å². The zero-order valence-electron chi connectivity index (χ0n) is 71.0. The molecule has 0 spiro atoms. The molecule has 2 aliphatic heterocycles. The lowest BCUT2D eigenvalue weighted by Crippen LogP contribution is -2.32. The lowest BCUT2D eigenvalue weighted by atomic mass is 9.87. The van der Waals surface area contributed by atoms with E-state index < -0.39 is 5.91 Å². The van der Waals surface area contributed by atoms with E-state index >= 15 is 0 Å². The molecule has 5 heterocycles. The molecule has 18 nitrogen and oxygen atoms in total. The first-order chi connectivity index (χ1) is 56.4. The Labute approximate surface area is 697 Å². The monoisotopic (exact) mass is 1670 g/mol. The van der Waals surface area contributed by atoms with Gasteiger partial charge in [-0.25, -0.2) is 8.78 Å². The fourth-order valence-electron chi connectivity index (χ4n) is 15.5. The Balaban J connectivity index is 0.000000188. The van der Waals surface area contributed by atoms with Crippen molar-refractivity contribution in [1.29, 1.82) is 0 Å². The highest BCUT2D eigenvalue weighted by atomic mass is 79.9. The van der Waals surface area contributed by atoms with Gasteiger partial charge in [0.05, 0.1) is 23.4 Å². The smallest absolute Gasteiger partial charge is 0.290 e. The molecule has 1 aliphatic carbocycles. The summed E-state index contributed by atoms with van der Waals surface area (Å²) in [6.07, 6.45) is 6.17. The summed E-state index contributed by atoms with van der Waals surface area (Å²) in [5.74, 6) is 0.868. The molecule has 22 heteroatoms. The van der Waals surface area contributed by atoms with Gasteiger partial charge in [0.1, 0.15) is 54.3 Å². The molecule has 0 saturated heterocycles. The molecule has 3 aromatic heterocycles. The van der Waals surface area contributed by atoms with E-state index in [1.807, 2.05) is 77.1 Å². The van der Waals surface area contributed by atoms with Crippen LogP contribution in [0.1, 0.15) is 218 Å². The molecule has 0 atom stereocenters. The number of aromatic hydroxyl groups is 2. The van der Waals surface area contributed by atoms with Crippen molar-refractivity contribution in [2.24, 2.45) is 0 Å². The Kier molecular flexibility index (Phi) is 34.3. The van der Waals surface area contributed by atoms with Gasteiger partial charge in [-0.3, -0.25) is 28.6 Å². The number of hydrogen-bond acceptors (Lipinski definition) is 15. The van der Waals surface area contributed by atoms with E-state index in [2.05, 4.69) is 198 Å². The quantitative estimate of drug-likeness (QED) is 0.0318. The van der Waals surface area contributed by atoms with Crippen molar-refractivity contribution >= 4 is 33.7 Å². The van der Waals surface area contributed by atoms with Crippen molar-refractivity contribution in [1.82, 2.24) is 46.1 Å². The second-order valence-electron chi connectivity index (χ2n) is 30.8. The van der Waals surface area contributed by atoms with E-state index in [-0.39, 0.29) is 66.5 Å². The molecule has 0 unspecified atom stereocenters. The maximum Gasteiger partial charge on any atom is 0.290 e. The number of hydrogen-bond donors (Lipinski definition) is 5. The van der Waals surface area contributed by atoms with Crippen LogP contribution in [0.4, 0.5) is 13.2 Å². The highest BCUT2D eigenvalue weighted by Gasteiger charge is 2.33. The predicted octanol–water partition coefficient (Wildman–Crippen LogP) is 20.8. The summed E-state index contributed by atoms with van der Waals surface area (Å²) in [7, 11) is 0. The second-order valence-corrected chi connectivity index (χ2v) is 31.6. The Bertz CT molecular complexity index is 4760.